The average molecular weight is 227 g/mol. The predicted molar refractivity (Wildman–Crippen MR) is 73.0 cm³/mol. The first-order chi connectivity index (χ1) is 7.74. The average Bonchev–Trinajstić information content (AvgIpc) is 2.29. The molecule has 0 N–H and O–H groups in total. The lowest BCUT2D eigenvalue weighted by Crippen LogP contribution is -1.88. The molecule has 2 heteroatoms. The zero-order valence-corrected chi connectivity index (χ0v) is 10.0. The van der Waals surface area contributed by atoms with Gasteiger partial charge in [0, 0.05) is 16.5 Å². The minimum atomic E-state index is 0.917. The van der Waals surface area contributed by atoms with Gasteiger partial charge in [-0.1, -0.05) is 36.9 Å². The van der Waals surface area contributed by atoms with Gasteiger partial charge in [0.2, 0.25) is 0 Å². The van der Waals surface area contributed by atoms with Crippen LogP contribution in [0.25, 0.3) is 17.0 Å². The standard InChI is InChI=1S/C14H13NS/c1-3-4-6-11-9-15-14-12(10(11)2)7-5-8-13(14)16/h3-9,16H,1H2,2H3/b6-4-. The first-order valence-corrected chi connectivity index (χ1v) is 5.55. The van der Waals surface area contributed by atoms with Crippen molar-refractivity contribution in [3.05, 3.63) is 54.3 Å². The van der Waals surface area contributed by atoms with Crippen LogP contribution in [0.3, 0.4) is 0 Å². The molecule has 0 radical (unpaired) electrons. The van der Waals surface area contributed by atoms with E-state index in [-0.39, 0.29) is 0 Å². The second-order valence-electron chi connectivity index (χ2n) is 3.61. The maximum absolute atomic E-state index is 4.43. The molecule has 16 heavy (non-hydrogen) atoms. The third-order valence-electron chi connectivity index (χ3n) is 2.60. The Kier molecular flexibility index (Phi) is 3.11. The third-order valence-corrected chi connectivity index (χ3v) is 2.96. The summed E-state index contributed by atoms with van der Waals surface area (Å²) in [4.78, 5) is 5.35. The molecule has 2 rings (SSSR count). The fourth-order valence-corrected chi connectivity index (χ4v) is 1.96. The highest BCUT2D eigenvalue weighted by Gasteiger charge is 2.04. The van der Waals surface area contributed by atoms with Gasteiger partial charge in [-0.3, -0.25) is 4.98 Å². The number of benzene rings is 1. The fourth-order valence-electron chi connectivity index (χ4n) is 1.70. The van der Waals surface area contributed by atoms with Crippen molar-refractivity contribution in [3.8, 4) is 0 Å². The minimum absolute atomic E-state index is 0.917. The molecule has 0 aliphatic carbocycles. The van der Waals surface area contributed by atoms with Crippen molar-refractivity contribution in [3.63, 3.8) is 0 Å². The number of aromatic nitrogens is 1. The Bertz CT molecular complexity index is 570. The molecule has 80 valence electrons. The van der Waals surface area contributed by atoms with Crippen LogP contribution in [0, 0.1) is 6.92 Å². The summed E-state index contributed by atoms with van der Waals surface area (Å²) in [7, 11) is 0. The van der Waals surface area contributed by atoms with E-state index < -0.39 is 0 Å². The molecule has 0 aliphatic heterocycles. The van der Waals surface area contributed by atoms with E-state index in [0.717, 1.165) is 21.4 Å². The normalized spacial score (nSPS) is 11.1. The summed E-state index contributed by atoms with van der Waals surface area (Å²) in [5, 5.41) is 1.15. The lowest BCUT2D eigenvalue weighted by Gasteiger charge is -2.06. The van der Waals surface area contributed by atoms with Crippen molar-refractivity contribution in [2.24, 2.45) is 0 Å². The maximum Gasteiger partial charge on any atom is 0.0838 e. The molecule has 1 heterocycles. The number of hydrogen-bond acceptors (Lipinski definition) is 2. The van der Waals surface area contributed by atoms with Gasteiger partial charge in [-0.05, 0) is 24.1 Å². The minimum Gasteiger partial charge on any atom is -0.254 e. The zero-order chi connectivity index (χ0) is 11.5. The van der Waals surface area contributed by atoms with E-state index in [1.807, 2.05) is 30.5 Å². The van der Waals surface area contributed by atoms with E-state index >= 15 is 0 Å². The second kappa shape index (κ2) is 4.54. The summed E-state index contributed by atoms with van der Waals surface area (Å²) in [5.41, 5.74) is 3.30. The van der Waals surface area contributed by atoms with Gasteiger partial charge in [0.15, 0.2) is 0 Å². The van der Waals surface area contributed by atoms with E-state index in [1.54, 1.807) is 6.08 Å². The second-order valence-corrected chi connectivity index (χ2v) is 4.09. The Labute approximate surface area is 101 Å². The highest BCUT2D eigenvalue weighted by Crippen LogP contribution is 2.25. The van der Waals surface area contributed by atoms with E-state index in [1.165, 1.54) is 5.56 Å². The highest BCUT2D eigenvalue weighted by molar-refractivity contribution is 7.80. The number of pyridine rings is 1. The summed E-state index contributed by atoms with van der Waals surface area (Å²) in [6.45, 7) is 5.76. The number of fused-ring (bicyclic) bond motifs is 1. The number of nitrogens with zero attached hydrogens (tertiary/aromatic N) is 1. The van der Waals surface area contributed by atoms with Crippen molar-refractivity contribution in [2.75, 3.05) is 0 Å². The van der Waals surface area contributed by atoms with Crippen LogP contribution in [-0.2, 0) is 0 Å². The molecular weight excluding hydrogens is 214 g/mol. The molecule has 1 aromatic heterocycles. The summed E-state index contributed by atoms with van der Waals surface area (Å²) >= 11 is 4.41. The summed E-state index contributed by atoms with van der Waals surface area (Å²) < 4.78 is 0. The van der Waals surface area contributed by atoms with Crippen molar-refractivity contribution < 1.29 is 0 Å². The number of rotatable bonds is 2. The summed E-state index contributed by atoms with van der Waals surface area (Å²) in [6.07, 6.45) is 7.57. The summed E-state index contributed by atoms with van der Waals surface area (Å²) in [5.74, 6) is 0. The maximum atomic E-state index is 4.43. The van der Waals surface area contributed by atoms with Crippen LogP contribution in [0.4, 0.5) is 0 Å². The highest BCUT2D eigenvalue weighted by atomic mass is 32.1. The number of hydrogen-bond donors (Lipinski definition) is 1. The Hall–Kier alpha value is -1.54. The molecule has 2 aromatic rings. The fraction of sp³-hybridized carbons (Fsp3) is 0.0714. The lowest BCUT2D eigenvalue weighted by molar-refractivity contribution is 1.31. The Morgan fingerprint density at radius 1 is 1.38 bits per heavy atom. The summed E-state index contributed by atoms with van der Waals surface area (Å²) in [6, 6.07) is 6.03. The smallest absolute Gasteiger partial charge is 0.0838 e. The van der Waals surface area contributed by atoms with E-state index in [9.17, 15) is 0 Å². The molecule has 0 spiro atoms. The number of aryl methyl sites for hydroxylation is 1. The van der Waals surface area contributed by atoms with Gasteiger partial charge in [-0.25, -0.2) is 0 Å². The van der Waals surface area contributed by atoms with Crippen LogP contribution in [0.15, 0.2) is 48.0 Å². The van der Waals surface area contributed by atoms with Gasteiger partial charge in [-0.15, -0.1) is 12.6 Å². The van der Waals surface area contributed by atoms with Crippen LogP contribution < -0.4 is 0 Å². The molecule has 0 aliphatic rings. The molecule has 0 amide bonds. The molecule has 1 nitrogen and oxygen atoms in total. The SMILES string of the molecule is C=C/C=C\c1cnc2c(S)cccc2c1C. The van der Waals surface area contributed by atoms with E-state index in [0.29, 0.717) is 0 Å². The van der Waals surface area contributed by atoms with Gasteiger partial charge in [0.1, 0.15) is 0 Å². The monoisotopic (exact) mass is 227 g/mol. The zero-order valence-electron chi connectivity index (χ0n) is 9.14. The first kappa shape index (κ1) is 11.0. The van der Waals surface area contributed by atoms with Gasteiger partial charge in [0.05, 0.1) is 5.52 Å². The van der Waals surface area contributed by atoms with Crippen molar-refractivity contribution in [1.82, 2.24) is 4.98 Å². The molecular formula is C14H13NS. The van der Waals surface area contributed by atoms with Crippen LogP contribution in [0.2, 0.25) is 0 Å². The molecule has 0 saturated heterocycles. The van der Waals surface area contributed by atoms with Crippen molar-refractivity contribution in [1.29, 1.82) is 0 Å². The molecule has 0 unspecified atom stereocenters. The van der Waals surface area contributed by atoms with Crippen molar-refractivity contribution >= 4 is 29.6 Å². The molecule has 0 saturated carbocycles. The number of allylic oxidation sites excluding steroid dienone is 2. The van der Waals surface area contributed by atoms with Gasteiger partial charge in [-0.2, -0.15) is 0 Å². The van der Waals surface area contributed by atoms with E-state index in [2.05, 4.69) is 37.2 Å². The van der Waals surface area contributed by atoms with E-state index in [4.69, 9.17) is 0 Å². The van der Waals surface area contributed by atoms with Gasteiger partial charge in [0.25, 0.3) is 0 Å². The molecule has 0 fully saturated rings. The van der Waals surface area contributed by atoms with Crippen LogP contribution in [0.5, 0.6) is 0 Å². The lowest BCUT2D eigenvalue weighted by atomic mass is 10.0. The number of para-hydroxylation sites is 1. The van der Waals surface area contributed by atoms with Gasteiger partial charge < -0.3 is 0 Å². The van der Waals surface area contributed by atoms with Crippen LogP contribution in [0.1, 0.15) is 11.1 Å². The van der Waals surface area contributed by atoms with Gasteiger partial charge >= 0.3 is 0 Å². The molecule has 0 bridgehead atoms. The Morgan fingerprint density at radius 2 is 2.19 bits per heavy atom. The number of thiol groups is 1. The molecule has 0 atom stereocenters. The largest absolute Gasteiger partial charge is 0.254 e. The quantitative estimate of drug-likeness (QED) is 0.603. The van der Waals surface area contributed by atoms with Crippen molar-refractivity contribution in [2.45, 2.75) is 11.8 Å². The first-order valence-electron chi connectivity index (χ1n) is 5.10. The molecule has 1 aromatic carbocycles. The predicted octanol–water partition coefficient (Wildman–Crippen LogP) is 4.03. The third kappa shape index (κ3) is 1.89. The van der Waals surface area contributed by atoms with Crippen LogP contribution in [-0.4, -0.2) is 4.98 Å². The van der Waals surface area contributed by atoms with Crippen LogP contribution >= 0.6 is 12.6 Å². The Balaban J connectivity index is 2.70. The Morgan fingerprint density at radius 3 is 2.94 bits per heavy atom. The topological polar surface area (TPSA) is 12.9 Å².